The number of pyridine rings is 1. The zero-order valence-electron chi connectivity index (χ0n) is 8.41. The summed E-state index contributed by atoms with van der Waals surface area (Å²) < 4.78 is 4.84. The smallest absolute Gasteiger partial charge is 0.310 e. The molecule has 0 bridgehead atoms. The number of ether oxygens (including phenoxy) is 1. The minimum atomic E-state index is -0.235. The second kappa shape index (κ2) is 4.60. The lowest BCUT2D eigenvalue weighted by Crippen LogP contribution is -2.09. The first kappa shape index (κ1) is 10.5. The van der Waals surface area contributed by atoms with Crippen LogP contribution >= 0.6 is 0 Å². The van der Waals surface area contributed by atoms with Gasteiger partial charge in [-0.25, -0.2) is 4.98 Å². The van der Waals surface area contributed by atoms with Gasteiger partial charge in [0.1, 0.15) is 5.82 Å². The summed E-state index contributed by atoms with van der Waals surface area (Å²) in [5, 5.41) is 0. The number of nitrogens with zero attached hydrogens (tertiary/aromatic N) is 1. The monoisotopic (exact) mass is 194 g/mol. The third-order valence-electron chi connectivity index (χ3n) is 2.00. The fourth-order valence-corrected chi connectivity index (χ4v) is 1.15. The van der Waals surface area contributed by atoms with Crippen molar-refractivity contribution in [2.24, 2.45) is 0 Å². The lowest BCUT2D eigenvalue weighted by molar-refractivity contribution is -0.142. The van der Waals surface area contributed by atoms with Crippen molar-refractivity contribution >= 4 is 11.8 Å². The normalized spacial score (nSPS) is 9.86. The van der Waals surface area contributed by atoms with E-state index in [4.69, 9.17) is 10.5 Å². The topological polar surface area (TPSA) is 65.2 Å². The number of anilines is 1. The van der Waals surface area contributed by atoms with Crippen LogP contribution in [0, 0.1) is 6.92 Å². The minimum absolute atomic E-state index is 0.235. The molecule has 0 aromatic carbocycles. The van der Waals surface area contributed by atoms with Crippen LogP contribution in [0.1, 0.15) is 18.1 Å². The molecule has 0 aliphatic heterocycles. The van der Waals surface area contributed by atoms with Crippen LogP contribution in [-0.4, -0.2) is 17.6 Å². The molecule has 0 aliphatic rings. The lowest BCUT2D eigenvalue weighted by atomic mass is 10.1. The fraction of sp³-hybridized carbons (Fsp3) is 0.400. The highest BCUT2D eigenvalue weighted by molar-refractivity contribution is 5.73. The Morgan fingerprint density at radius 2 is 2.36 bits per heavy atom. The van der Waals surface area contributed by atoms with Gasteiger partial charge in [-0.3, -0.25) is 4.79 Å². The van der Waals surface area contributed by atoms with E-state index in [1.54, 1.807) is 19.2 Å². The van der Waals surface area contributed by atoms with E-state index < -0.39 is 0 Å². The van der Waals surface area contributed by atoms with E-state index in [-0.39, 0.29) is 12.4 Å². The quantitative estimate of drug-likeness (QED) is 0.731. The Bertz CT molecular complexity index is 337. The molecule has 0 saturated heterocycles. The predicted molar refractivity (Wildman–Crippen MR) is 53.7 cm³/mol. The van der Waals surface area contributed by atoms with E-state index in [1.165, 1.54) is 0 Å². The maximum absolute atomic E-state index is 11.2. The Morgan fingerprint density at radius 3 is 3.00 bits per heavy atom. The number of rotatable bonds is 3. The number of carbonyl (C=O) groups is 1. The molecular weight excluding hydrogens is 180 g/mol. The second-order valence-corrected chi connectivity index (χ2v) is 2.96. The summed E-state index contributed by atoms with van der Waals surface area (Å²) in [5.41, 5.74) is 7.33. The van der Waals surface area contributed by atoms with Gasteiger partial charge in [-0.15, -0.1) is 0 Å². The van der Waals surface area contributed by atoms with Crippen molar-refractivity contribution in [3.05, 3.63) is 23.4 Å². The molecule has 0 amide bonds. The van der Waals surface area contributed by atoms with Crippen LogP contribution in [0.5, 0.6) is 0 Å². The number of nitrogens with two attached hydrogens (primary N) is 1. The Hall–Kier alpha value is -1.58. The number of nitrogen functional groups attached to an aromatic ring is 1. The maximum atomic E-state index is 11.2. The first-order chi connectivity index (χ1) is 6.65. The molecule has 1 rings (SSSR count). The minimum Gasteiger partial charge on any atom is -0.466 e. The average molecular weight is 194 g/mol. The van der Waals surface area contributed by atoms with Crippen molar-refractivity contribution in [2.75, 3.05) is 12.3 Å². The third-order valence-corrected chi connectivity index (χ3v) is 2.00. The molecule has 0 aliphatic carbocycles. The largest absolute Gasteiger partial charge is 0.466 e. The van der Waals surface area contributed by atoms with E-state index in [0.29, 0.717) is 12.4 Å². The summed E-state index contributed by atoms with van der Waals surface area (Å²) in [6.45, 7) is 4.03. The van der Waals surface area contributed by atoms with E-state index in [2.05, 4.69) is 4.98 Å². The van der Waals surface area contributed by atoms with Crippen molar-refractivity contribution in [3.63, 3.8) is 0 Å². The molecule has 14 heavy (non-hydrogen) atoms. The van der Waals surface area contributed by atoms with Gasteiger partial charge in [-0.05, 0) is 31.0 Å². The molecule has 1 heterocycles. The number of esters is 1. The van der Waals surface area contributed by atoms with Gasteiger partial charge < -0.3 is 10.5 Å². The van der Waals surface area contributed by atoms with Crippen molar-refractivity contribution < 1.29 is 9.53 Å². The zero-order valence-corrected chi connectivity index (χ0v) is 8.41. The van der Waals surface area contributed by atoms with E-state index >= 15 is 0 Å². The van der Waals surface area contributed by atoms with Crippen LogP contribution < -0.4 is 5.73 Å². The molecule has 1 aromatic heterocycles. The van der Waals surface area contributed by atoms with Crippen LogP contribution in [-0.2, 0) is 16.0 Å². The highest BCUT2D eigenvalue weighted by atomic mass is 16.5. The van der Waals surface area contributed by atoms with E-state index in [0.717, 1.165) is 11.1 Å². The standard InChI is InChI=1S/C10H14N2O2/c1-3-14-9(13)6-8-4-5-12-10(11)7(8)2/h4-5H,3,6H2,1-2H3,(H2,11,12). The molecule has 0 fully saturated rings. The SMILES string of the molecule is CCOC(=O)Cc1ccnc(N)c1C. The van der Waals surface area contributed by atoms with Gasteiger partial charge in [0.2, 0.25) is 0 Å². The van der Waals surface area contributed by atoms with Crippen molar-refractivity contribution in [1.29, 1.82) is 0 Å². The van der Waals surface area contributed by atoms with Crippen LogP contribution in [0.4, 0.5) is 5.82 Å². The summed E-state index contributed by atoms with van der Waals surface area (Å²) in [6.07, 6.45) is 1.85. The second-order valence-electron chi connectivity index (χ2n) is 2.96. The number of hydrogen-bond donors (Lipinski definition) is 1. The van der Waals surface area contributed by atoms with Gasteiger partial charge in [-0.1, -0.05) is 0 Å². The van der Waals surface area contributed by atoms with Gasteiger partial charge in [0, 0.05) is 6.20 Å². The highest BCUT2D eigenvalue weighted by Crippen LogP contribution is 2.13. The summed E-state index contributed by atoms with van der Waals surface area (Å²) >= 11 is 0. The van der Waals surface area contributed by atoms with Crippen LogP contribution in [0.15, 0.2) is 12.3 Å². The molecule has 0 saturated carbocycles. The molecule has 2 N–H and O–H groups in total. The van der Waals surface area contributed by atoms with Crippen LogP contribution in [0.3, 0.4) is 0 Å². The van der Waals surface area contributed by atoms with E-state index in [1.807, 2.05) is 6.92 Å². The Kier molecular flexibility index (Phi) is 3.45. The molecule has 1 aromatic rings. The fourth-order valence-electron chi connectivity index (χ4n) is 1.15. The van der Waals surface area contributed by atoms with Crippen LogP contribution in [0.25, 0.3) is 0 Å². The van der Waals surface area contributed by atoms with Crippen molar-refractivity contribution in [2.45, 2.75) is 20.3 Å². The molecule has 0 unspecified atom stereocenters. The van der Waals surface area contributed by atoms with E-state index in [9.17, 15) is 4.79 Å². The van der Waals surface area contributed by atoms with Crippen molar-refractivity contribution in [3.8, 4) is 0 Å². The maximum Gasteiger partial charge on any atom is 0.310 e. The van der Waals surface area contributed by atoms with Crippen molar-refractivity contribution in [1.82, 2.24) is 4.98 Å². The number of carbonyl (C=O) groups excluding carboxylic acids is 1. The third kappa shape index (κ3) is 2.45. The first-order valence-corrected chi connectivity index (χ1v) is 4.50. The molecule has 4 heteroatoms. The van der Waals surface area contributed by atoms with Gasteiger partial charge >= 0.3 is 5.97 Å². The van der Waals surface area contributed by atoms with Gasteiger partial charge in [-0.2, -0.15) is 0 Å². The van der Waals surface area contributed by atoms with Crippen LogP contribution in [0.2, 0.25) is 0 Å². The molecule has 0 radical (unpaired) electrons. The average Bonchev–Trinajstić information content (AvgIpc) is 2.13. The summed E-state index contributed by atoms with van der Waals surface area (Å²) in [6, 6.07) is 1.78. The number of aromatic nitrogens is 1. The Morgan fingerprint density at radius 1 is 1.64 bits per heavy atom. The summed E-state index contributed by atoms with van der Waals surface area (Å²) in [7, 11) is 0. The molecule has 76 valence electrons. The Balaban J connectivity index is 2.76. The molecule has 4 nitrogen and oxygen atoms in total. The van der Waals surface area contributed by atoms with Gasteiger partial charge in [0.15, 0.2) is 0 Å². The molecular formula is C10H14N2O2. The van der Waals surface area contributed by atoms with Gasteiger partial charge in [0.25, 0.3) is 0 Å². The summed E-state index contributed by atoms with van der Waals surface area (Å²) in [4.78, 5) is 15.1. The zero-order chi connectivity index (χ0) is 10.6. The predicted octanol–water partition coefficient (Wildman–Crippen LogP) is 1.08. The molecule has 0 atom stereocenters. The number of hydrogen-bond acceptors (Lipinski definition) is 4. The first-order valence-electron chi connectivity index (χ1n) is 4.50. The highest BCUT2D eigenvalue weighted by Gasteiger charge is 2.08. The lowest BCUT2D eigenvalue weighted by Gasteiger charge is -2.06. The Labute approximate surface area is 83.1 Å². The van der Waals surface area contributed by atoms with Gasteiger partial charge in [0.05, 0.1) is 13.0 Å². The molecule has 0 spiro atoms. The summed E-state index contributed by atoms with van der Waals surface area (Å²) in [5.74, 6) is 0.230.